The molecule has 0 aliphatic carbocycles. The van der Waals surface area contributed by atoms with Gasteiger partial charge in [0.2, 0.25) is 5.69 Å². The zero-order valence-electron chi connectivity index (χ0n) is 30.1. The van der Waals surface area contributed by atoms with E-state index in [9.17, 15) is 9.59 Å². The molecular weight excluding hydrogens is 588 g/mol. The molecule has 2 aromatic carbocycles. The van der Waals surface area contributed by atoms with Crippen molar-refractivity contribution in [3.63, 3.8) is 0 Å². The first-order chi connectivity index (χ1) is 21.9. The normalized spacial score (nSPS) is 17.6. The number of carbonyl (C=O) groups excluding carboxylic acids is 2. The quantitative estimate of drug-likeness (QED) is 0.202. The number of hydrogen-bond donors (Lipinski definition) is 2. The molecule has 0 radical (unpaired) electrons. The molecule has 0 unspecified atom stereocenters. The Morgan fingerprint density at radius 2 is 1.34 bits per heavy atom. The lowest BCUT2D eigenvalue weighted by molar-refractivity contribution is -0.437. The number of hydrogen-bond acceptors (Lipinski definition) is 5. The molecule has 0 spiro atoms. The standard InChI is InChI=1S/C39H54N4O4/c1-36(2,3)46-34(44)40-24-16-26-42-30-20-13-11-18-28(30)38(7,8)32(42)22-15-23-33-39(9,10)29-19-12-14-21-31(29)43(33)27-17-25-41-35(45)47-37(4,5)6/h11-15,18-23H,16-17,24-27H2,1-10H3,(H-,40,41,44,45)/p+1. The number of ether oxygens (including phenoxy) is 2. The van der Waals surface area contributed by atoms with Crippen LogP contribution in [0.1, 0.15) is 93.2 Å². The summed E-state index contributed by atoms with van der Waals surface area (Å²) in [6.07, 6.45) is 7.45. The molecule has 47 heavy (non-hydrogen) atoms. The number of para-hydroxylation sites is 2. The second kappa shape index (κ2) is 14.0. The smallest absolute Gasteiger partial charge is 0.407 e. The summed E-state index contributed by atoms with van der Waals surface area (Å²) in [6.45, 7) is 22.9. The van der Waals surface area contributed by atoms with Gasteiger partial charge in [0, 0.05) is 60.6 Å². The first-order valence-electron chi connectivity index (χ1n) is 16.9. The van der Waals surface area contributed by atoms with Gasteiger partial charge in [0.25, 0.3) is 0 Å². The average molecular weight is 644 g/mol. The number of benzene rings is 2. The van der Waals surface area contributed by atoms with Crippen LogP contribution in [0.4, 0.5) is 21.0 Å². The van der Waals surface area contributed by atoms with Crippen LogP contribution in [-0.4, -0.2) is 59.9 Å². The molecule has 0 atom stereocenters. The Bertz CT molecular complexity index is 1550. The van der Waals surface area contributed by atoms with Gasteiger partial charge >= 0.3 is 12.2 Å². The van der Waals surface area contributed by atoms with Crippen LogP contribution in [-0.2, 0) is 20.3 Å². The van der Waals surface area contributed by atoms with Crippen LogP contribution < -0.4 is 15.5 Å². The van der Waals surface area contributed by atoms with E-state index in [-0.39, 0.29) is 23.0 Å². The Morgan fingerprint density at radius 1 is 0.787 bits per heavy atom. The Morgan fingerprint density at radius 3 is 1.96 bits per heavy atom. The fourth-order valence-electron chi connectivity index (χ4n) is 6.48. The topological polar surface area (TPSA) is 82.9 Å². The van der Waals surface area contributed by atoms with Gasteiger partial charge in [0.15, 0.2) is 12.3 Å². The van der Waals surface area contributed by atoms with E-state index in [1.165, 1.54) is 33.9 Å². The molecule has 254 valence electrons. The predicted molar refractivity (Wildman–Crippen MR) is 191 cm³/mol. The van der Waals surface area contributed by atoms with Crippen LogP contribution >= 0.6 is 0 Å². The van der Waals surface area contributed by atoms with Gasteiger partial charge in [-0.3, -0.25) is 0 Å². The highest BCUT2D eigenvalue weighted by Gasteiger charge is 2.44. The highest BCUT2D eigenvalue weighted by molar-refractivity contribution is 6.03. The zero-order chi connectivity index (χ0) is 34.6. The number of allylic oxidation sites excluding steroid dienone is 4. The van der Waals surface area contributed by atoms with Crippen molar-refractivity contribution in [3.05, 3.63) is 83.6 Å². The maximum atomic E-state index is 12.2. The third-order valence-electron chi connectivity index (χ3n) is 8.56. The molecule has 2 amide bonds. The van der Waals surface area contributed by atoms with Crippen LogP contribution in [0.5, 0.6) is 0 Å². The molecular formula is C39H55N4O4+. The molecule has 2 N–H and O–H groups in total. The summed E-state index contributed by atoms with van der Waals surface area (Å²) in [7, 11) is 0. The van der Waals surface area contributed by atoms with E-state index < -0.39 is 11.2 Å². The minimum atomic E-state index is -0.524. The predicted octanol–water partition coefficient (Wildman–Crippen LogP) is 8.13. The van der Waals surface area contributed by atoms with Gasteiger partial charge in [0.1, 0.15) is 11.2 Å². The first-order valence-corrected chi connectivity index (χ1v) is 16.9. The van der Waals surface area contributed by atoms with Crippen LogP contribution in [0.3, 0.4) is 0 Å². The van der Waals surface area contributed by atoms with Gasteiger partial charge in [-0.15, -0.1) is 0 Å². The van der Waals surface area contributed by atoms with Crippen LogP contribution in [0.15, 0.2) is 72.5 Å². The Balaban J connectivity index is 1.56. The van der Waals surface area contributed by atoms with Crippen molar-refractivity contribution < 1.29 is 23.6 Å². The number of nitrogens with zero attached hydrogens (tertiary/aromatic N) is 2. The minimum Gasteiger partial charge on any atom is -0.444 e. The van der Waals surface area contributed by atoms with Crippen molar-refractivity contribution in [2.45, 2.75) is 104 Å². The van der Waals surface area contributed by atoms with Gasteiger partial charge in [-0.05, 0) is 79.5 Å². The fraction of sp³-hybridized carbons (Fsp3) is 0.513. The molecule has 8 heteroatoms. The maximum absolute atomic E-state index is 12.2. The number of alkyl carbamates (subject to hydrolysis) is 2. The average Bonchev–Trinajstić information content (AvgIpc) is 3.30. The molecule has 8 nitrogen and oxygen atoms in total. The van der Waals surface area contributed by atoms with Crippen LogP contribution in [0.25, 0.3) is 0 Å². The number of anilines is 1. The van der Waals surface area contributed by atoms with Gasteiger partial charge in [-0.25, -0.2) is 9.59 Å². The van der Waals surface area contributed by atoms with Crippen molar-refractivity contribution in [3.8, 4) is 0 Å². The van der Waals surface area contributed by atoms with Crippen molar-refractivity contribution in [2.24, 2.45) is 0 Å². The lowest BCUT2D eigenvalue weighted by Crippen LogP contribution is -2.34. The van der Waals surface area contributed by atoms with Gasteiger partial charge in [-0.2, -0.15) is 4.58 Å². The van der Waals surface area contributed by atoms with Gasteiger partial charge in [-0.1, -0.05) is 56.3 Å². The highest BCUT2D eigenvalue weighted by Crippen LogP contribution is 2.47. The molecule has 0 saturated carbocycles. The molecule has 4 rings (SSSR count). The molecule has 0 fully saturated rings. The minimum absolute atomic E-state index is 0.189. The molecule has 0 bridgehead atoms. The third kappa shape index (κ3) is 8.65. The van der Waals surface area contributed by atoms with E-state index in [4.69, 9.17) is 9.47 Å². The summed E-state index contributed by atoms with van der Waals surface area (Å²) in [5.74, 6) is 0. The lowest BCUT2D eigenvalue weighted by Gasteiger charge is -2.27. The summed E-state index contributed by atoms with van der Waals surface area (Å²) in [4.78, 5) is 26.8. The zero-order valence-corrected chi connectivity index (χ0v) is 30.1. The monoisotopic (exact) mass is 643 g/mol. The number of carbonyl (C=O) groups is 2. The Kier molecular flexibility index (Phi) is 10.6. The van der Waals surface area contributed by atoms with Crippen molar-refractivity contribution in [1.29, 1.82) is 0 Å². The molecule has 0 aromatic heterocycles. The number of fused-ring (bicyclic) bond motifs is 2. The highest BCUT2D eigenvalue weighted by atomic mass is 16.6. The number of nitrogens with one attached hydrogen (secondary N) is 2. The Labute approximate surface area is 281 Å². The molecule has 2 heterocycles. The van der Waals surface area contributed by atoms with Crippen molar-refractivity contribution in [2.75, 3.05) is 31.1 Å². The molecule has 2 aliphatic rings. The lowest BCUT2D eigenvalue weighted by atomic mass is 9.81. The van der Waals surface area contributed by atoms with E-state index in [0.717, 1.165) is 25.9 Å². The second-order valence-electron chi connectivity index (χ2n) is 15.4. The summed E-state index contributed by atoms with van der Waals surface area (Å²) in [5.41, 5.74) is 6.00. The molecule has 0 saturated heterocycles. The molecule has 2 aliphatic heterocycles. The van der Waals surface area contributed by atoms with E-state index in [1.54, 1.807) is 0 Å². The summed E-state index contributed by atoms with van der Waals surface area (Å²) in [5, 5.41) is 5.80. The van der Waals surface area contributed by atoms with E-state index in [0.29, 0.717) is 13.1 Å². The third-order valence-corrected chi connectivity index (χ3v) is 8.56. The number of amides is 2. The van der Waals surface area contributed by atoms with Gasteiger partial charge in [0.05, 0.1) is 5.41 Å². The largest absolute Gasteiger partial charge is 0.444 e. The second-order valence-corrected chi connectivity index (χ2v) is 15.4. The fourth-order valence-corrected chi connectivity index (χ4v) is 6.48. The van der Waals surface area contributed by atoms with Crippen LogP contribution in [0, 0.1) is 0 Å². The summed E-state index contributed by atoms with van der Waals surface area (Å²) < 4.78 is 13.2. The van der Waals surface area contributed by atoms with Crippen molar-refractivity contribution in [1.82, 2.24) is 10.6 Å². The van der Waals surface area contributed by atoms with E-state index >= 15 is 0 Å². The van der Waals surface area contributed by atoms with Gasteiger partial charge < -0.3 is 25.0 Å². The van der Waals surface area contributed by atoms with E-state index in [1.807, 2.05) is 41.5 Å². The SMILES string of the molecule is CC(C)(C)OC(=O)NCCCN1/C(=C\C=C\C2=[N+](CCCNC(=O)OC(C)(C)C)c3ccccc3C2(C)C)C(C)(C)c2ccccc21. The maximum Gasteiger partial charge on any atom is 0.407 e. The number of rotatable bonds is 10. The van der Waals surface area contributed by atoms with E-state index in [2.05, 4.69) is 115 Å². The Hall–Kier alpha value is -4.07. The van der Waals surface area contributed by atoms with Crippen molar-refractivity contribution >= 4 is 29.3 Å². The summed E-state index contributed by atoms with van der Waals surface area (Å²) in [6, 6.07) is 17.2. The van der Waals surface area contributed by atoms with Crippen LogP contribution in [0.2, 0.25) is 0 Å². The molecule has 2 aromatic rings. The summed E-state index contributed by atoms with van der Waals surface area (Å²) >= 11 is 0. The first kappa shape index (κ1) is 35.8.